The van der Waals surface area contributed by atoms with Crippen molar-refractivity contribution in [1.82, 2.24) is 15.1 Å². The summed E-state index contributed by atoms with van der Waals surface area (Å²) >= 11 is 3.29. The quantitative estimate of drug-likeness (QED) is 0.863. The van der Waals surface area contributed by atoms with Crippen LogP contribution in [-0.4, -0.2) is 16.3 Å². The van der Waals surface area contributed by atoms with Crippen molar-refractivity contribution in [3.63, 3.8) is 0 Å². The fourth-order valence-electron chi connectivity index (χ4n) is 2.05. The van der Waals surface area contributed by atoms with Gasteiger partial charge in [0.05, 0.1) is 12.2 Å². The SMILES string of the molecule is Cc1nn(C)c(C)c1CCNCc1ccc(Br)o1. The predicted octanol–water partition coefficient (Wildman–Crippen LogP) is 2.72. The zero-order chi connectivity index (χ0) is 13.1. The molecule has 2 rings (SSSR count). The Balaban J connectivity index is 1.82. The van der Waals surface area contributed by atoms with Gasteiger partial charge in [0.25, 0.3) is 0 Å². The maximum absolute atomic E-state index is 5.43. The Hall–Kier alpha value is -1.07. The van der Waals surface area contributed by atoms with Gasteiger partial charge in [0.2, 0.25) is 0 Å². The Kier molecular flexibility index (Phi) is 4.24. The summed E-state index contributed by atoms with van der Waals surface area (Å²) in [4.78, 5) is 0. The van der Waals surface area contributed by atoms with E-state index in [2.05, 4.69) is 40.2 Å². The second kappa shape index (κ2) is 5.71. The molecule has 0 aliphatic heterocycles. The second-order valence-corrected chi connectivity index (χ2v) is 5.19. The van der Waals surface area contributed by atoms with E-state index in [-0.39, 0.29) is 0 Å². The molecule has 5 heteroatoms. The largest absolute Gasteiger partial charge is 0.453 e. The Morgan fingerprint density at radius 2 is 2.17 bits per heavy atom. The van der Waals surface area contributed by atoms with E-state index in [0.29, 0.717) is 0 Å². The molecule has 18 heavy (non-hydrogen) atoms. The molecule has 0 atom stereocenters. The van der Waals surface area contributed by atoms with Crippen LogP contribution in [0, 0.1) is 13.8 Å². The van der Waals surface area contributed by atoms with Gasteiger partial charge in [0.1, 0.15) is 5.76 Å². The summed E-state index contributed by atoms with van der Waals surface area (Å²) in [6.07, 6.45) is 0.993. The maximum atomic E-state index is 5.43. The van der Waals surface area contributed by atoms with Gasteiger partial charge in [-0.1, -0.05) is 0 Å². The molecule has 4 nitrogen and oxygen atoms in total. The molecule has 0 bridgehead atoms. The van der Waals surface area contributed by atoms with Crippen LogP contribution in [0.15, 0.2) is 21.2 Å². The van der Waals surface area contributed by atoms with E-state index in [1.54, 1.807) is 0 Å². The van der Waals surface area contributed by atoms with Crippen LogP contribution in [0.3, 0.4) is 0 Å². The molecular weight excluding hydrogens is 294 g/mol. The first-order valence-corrected chi connectivity index (χ1v) is 6.81. The van der Waals surface area contributed by atoms with Crippen molar-refractivity contribution in [2.24, 2.45) is 7.05 Å². The third kappa shape index (κ3) is 3.03. The number of nitrogens with one attached hydrogen (secondary N) is 1. The Morgan fingerprint density at radius 3 is 2.72 bits per heavy atom. The third-order valence-corrected chi connectivity index (χ3v) is 3.56. The number of furan rings is 1. The summed E-state index contributed by atoms with van der Waals surface area (Å²) in [7, 11) is 1.99. The number of aryl methyl sites for hydroxylation is 2. The van der Waals surface area contributed by atoms with Crippen LogP contribution in [0.5, 0.6) is 0 Å². The topological polar surface area (TPSA) is 43.0 Å². The first-order valence-electron chi connectivity index (χ1n) is 6.02. The normalized spacial score (nSPS) is 11.1. The molecule has 0 aliphatic rings. The Morgan fingerprint density at radius 1 is 1.39 bits per heavy atom. The summed E-state index contributed by atoms with van der Waals surface area (Å²) in [5.74, 6) is 0.946. The molecule has 0 amide bonds. The minimum atomic E-state index is 0.754. The summed E-state index contributed by atoms with van der Waals surface area (Å²) in [6.45, 7) is 5.85. The number of hydrogen-bond acceptors (Lipinski definition) is 3. The van der Waals surface area contributed by atoms with Gasteiger partial charge in [-0.25, -0.2) is 0 Å². The second-order valence-electron chi connectivity index (χ2n) is 4.41. The lowest BCUT2D eigenvalue weighted by molar-refractivity contribution is 0.466. The van der Waals surface area contributed by atoms with Crippen molar-refractivity contribution in [2.45, 2.75) is 26.8 Å². The van der Waals surface area contributed by atoms with Crippen LogP contribution in [0.2, 0.25) is 0 Å². The molecule has 0 saturated heterocycles. The minimum Gasteiger partial charge on any atom is -0.453 e. The molecule has 1 N–H and O–H groups in total. The molecule has 0 aliphatic carbocycles. The van der Waals surface area contributed by atoms with E-state index < -0.39 is 0 Å². The summed E-state index contributed by atoms with van der Waals surface area (Å²) in [5.41, 5.74) is 3.71. The Bertz CT molecular complexity index is 530. The van der Waals surface area contributed by atoms with Gasteiger partial charge in [-0.05, 0) is 60.4 Å². The van der Waals surface area contributed by atoms with Crippen molar-refractivity contribution in [1.29, 1.82) is 0 Å². The Labute approximate surface area is 115 Å². The number of hydrogen-bond donors (Lipinski definition) is 1. The monoisotopic (exact) mass is 311 g/mol. The molecule has 0 spiro atoms. The van der Waals surface area contributed by atoms with Gasteiger partial charge in [-0.3, -0.25) is 4.68 Å². The average molecular weight is 312 g/mol. The molecule has 2 heterocycles. The number of halogens is 1. The molecule has 2 aromatic heterocycles. The molecule has 0 aromatic carbocycles. The highest BCUT2D eigenvalue weighted by Crippen LogP contribution is 2.14. The average Bonchev–Trinajstić information content (AvgIpc) is 2.82. The van der Waals surface area contributed by atoms with Crippen LogP contribution >= 0.6 is 15.9 Å². The van der Waals surface area contributed by atoms with Gasteiger partial charge in [-0.2, -0.15) is 5.10 Å². The lowest BCUT2D eigenvalue weighted by atomic mass is 10.1. The fraction of sp³-hybridized carbons (Fsp3) is 0.462. The van der Waals surface area contributed by atoms with Crippen LogP contribution in [-0.2, 0) is 20.0 Å². The summed E-state index contributed by atoms with van der Waals surface area (Å²) in [5, 5.41) is 7.79. The molecule has 98 valence electrons. The van der Waals surface area contributed by atoms with E-state index in [1.807, 2.05) is 23.9 Å². The zero-order valence-corrected chi connectivity index (χ0v) is 12.5. The molecule has 0 unspecified atom stereocenters. The molecule has 2 aromatic rings. The first-order chi connectivity index (χ1) is 8.58. The highest BCUT2D eigenvalue weighted by atomic mass is 79.9. The lowest BCUT2D eigenvalue weighted by Gasteiger charge is -2.03. The zero-order valence-electron chi connectivity index (χ0n) is 11.0. The minimum absolute atomic E-state index is 0.754. The van der Waals surface area contributed by atoms with Gasteiger partial charge in [-0.15, -0.1) is 0 Å². The van der Waals surface area contributed by atoms with Crippen molar-refractivity contribution >= 4 is 15.9 Å². The fourth-order valence-corrected chi connectivity index (χ4v) is 2.39. The standard InChI is InChI=1S/C13H18BrN3O/c1-9-12(10(2)17(3)16-9)6-7-15-8-11-4-5-13(14)18-11/h4-5,15H,6-8H2,1-3H3. The molecule has 0 saturated carbocycles. The van der Waals surface area contributed by atoms with Crippen LogP contribution < -0.4 is 5.32 Å². The van der Waals surface area contributed by atoms with Crippen LogP contribution in [0.25, 0.3) is 0 Å². The number of aromatic nitrogens is 2. The molecular formula is C13H18BrN3O. The van der Waals surface area contributed by atoms with Gasteiger partial charge >= 0.3 is 0 Å². The van der Waals surface area contributed by atoms with Gasteiger partial charge < -0.3 is 9.73 Å². The third-order valence-electron chi connectivity index (χ3n) is 3.14. The predicted molar refractivity (Wildman–Crippen MR) is 74.5 cm³/mol. The maximum Gasteiger partial charge on any atom is 0.169 e. The number of nitrogens with zero attached hydrogens (tertiary/aromatic N) is 2. The highest BCUT2D eigenvalue weighted by molar-refractivity contribution is 9.10. The van der Waals surface area contributed by atoms with E-state index >= 15 is 0 Å². The van der Waals surface area contributed by atoms with E-state index in [1.165, 1.54) is 11.3 Å². The molecule has 0 radical (unpaired) electrons. The van der Waals surface area contributed by atoms with Crippen LogP contribution in [0.1, 0.15) is 22.7 Å². The lowest BCUT2D eigenvalue weighted by Crippen LogP contribution is -2.16. The molecule has 0 fully saturated rings. The van der Waals surface area contributed by atoms with E-state index in [4.69, 9.17) is 4.42 Å². The smallest absolute Gasteiger partial charge is 0.169 e. The van der Waals surface area contributed by atoms with Gasteiger partial charge in [0.15, 0.2) is 4.67 Å². The van der Waals surface area contributed by atoms with E-state index in [9.17, 15) is 0 Å². The number of rotatable bonds is 5. The van der Waals surface area contributed by atoms with Crippen molar-refractivity contribution in [3.8, 4) is 0 Å². The van der Waals surface area contributed by atoms with Crippen LogP contribution in [0.4, 0.5) is 0 Å². The van der Waals surface area contributed by atoms with Crippen molar-refractivity contribution in [3.05, 3.63) is 39.5 Å². The summed E-state index contributed by atoms with van der Waals surface area (Å²) < 4.78 is 8.14. The van der Waals surface area contributed by atoms with E-state index in [0.717, 1.165) is 35.6 Å². The summed E-state index contributed by atoms with van der Waals surface area (Å²) in [6, 6.07) is 3.88. The first kappa shape index (κ1) is 13.4. The van der Waals surface area contributed by atoms with Gasteiger partial charge in [0, 0.05) is 12.7 Å². The van der Waals surface area contributed by atoms with Crippen molar-refractivity contribution < 1.29 is 4.42 Å². The van der Waals surface area contributed by atoms with Crippen molar-refractivity contribution in [2.75, 3.05) is 6.54 Å². The highest BCUT2D eigenvalue weighted by Gasteiger charge is 2.08.